The minimum atomic E-state index is 0.117. The summed E-state index contributed by atoms with van der Waals surface area (Å²) in [6, 6.07) is 10.1. The lowest BCUT2D eigenvalue weighted by Gasteiger charge is -2.21. The van der Waals surface area contributed by atoms with Gasteiger partial charge >= 0.3 is 0 Å². The lowest BCUT2D eigenvalue weighted by Crippen LogP contribution is -2.25. The average Bonchev–Trinajstić information content (AvgIpc) is 3.15. The van der Waals surface area contributed by atoms with E-state index in [1.54, 1.807) is 13.1 Å². The molecule has 2 aromatic rings. The molecule has 1 aliphatic rings. The van der Waals surface area contributed by atoms with Crippen LogP contribution in [0.4, 0.5) is 11.5 Å². The molecule has 5 nitrogen and oxygen atoms in total. The third kappa shape index (κ3) is 5.63. The van der Waals surface area contributed by atoms with Crippen molar-refractivity contribution in [1.82, 2.24) is 4.98 Å². The van der Waals surface area contributed by atoms with E-state index in [1.807, 2.05) is 18.2 Å². The largest absolute Gasteiger partial charge is 0.489 e. The van der Waals surface area contributed by atoms with Crippen LogP contribution in [0.3, 0.4) is 0 Å². The van der Waals surface area contributed by atoms with E-state index >= 15 is 0 Å². The Morgan fingerprint density at radius 1 is 1.34 bits per heavy atom. The van der Waals surface area contributed by atoms with Gasteiger partial charge in [0.2, 0.25) is 0 Å². The second kappa shape index (κ2) is 9.97. The Kier molecular flexibility index (Phi) is 7.37. The normalized spacial score (nSPS) is 17.2. The zero-order chi connectivity index (χ0) is 20.8. The zero-order valence-electron chi connectivity index (χ0n) is 17.5. The second-order valence-corrected chi connectivity index (χ2v) is 8.15. The lowest BCUT2D eigenvalue weighted by molar-refractivity contribution is -0.117. The molecule has 6 heteroatoms. The number of anilines is 2. The van der Waals surface area contributed by atoms with E-state index in [1.165, 1.54) is 0 Å². The highest BCUT2D eigenvalue weighted by molar-refractivity contribution is 6.35. The molecule has 1 fully saturated rings. The summed E-state index contributed by atoms with van der Waals surface area (Å²) in [5, 5.41) is 3.95. The zero-order valence-corrected chi connectivity index (χ0v) is 18.2. The number of nitrogens with one attached hydrogen (secondary N) is 1. The Morgan fingerprint density at radius 3 is 2.79 bits per heavy atom. The Morgan fingerprint density at radius 2 is 2.10 bits per heavy atom. The second-order valence-electron chi connectivity index (χ2n) is 7.77. The number of halogens is 1. The molecule has 0 bridgehead atoms. The van der Waals surface area contributed by atoms with E-state index < -0.39 is 0 Å². The van der Waals surface area contributed by atoms with Crippen LogP contribution in [-0.4, -0.2) is 36.5 Å². The first-order chi connectivity index (χ1) is 14.0. The summed E-state index contributed by atoms with van der Waals surface area (Å²) in [7, 11) is 0. The van der Waals surface area contributed by atoms with Crippen LogP contribution in [0.1, 0.15) is 51.5 Å². The molecular formula is C23H30ClN3O2. The summed E-state index contributed by atoms with van der Waals surface area (Å²) in [5.74, 6) is 2.05. The van der Waals surface area contributed by atoms with Crippen LogP contribution >= 0.6 is 11.6 Å². The highest BCUT2D eigenvalue weighted by Gasteiger charge is 2.26. The van der Waals surface area contributed by atoms with Crippen molar-refractivity contribution in [1.29, 1.82) is 0 Å². The van der Waals surface area contributed by atoms with Crippen LogP contribution < -0.4 is 15.0 Å². The fourth-order valence-corrected chi connectivity index (χ4v) is 4.00. The number of hydrogen-bond acceptors (Lipinski definition) is 5. The van der Waals surface area contributed by atoms with Gasteiger partial charge in [0.05, 0.1) is 12.2 Å². The first-order valence-corrected chi connectivity index (χ1v) is 10.7. The molecule has 3 rings (SSSR count). The van der Waals surface area contributed by atoms with Gasteiger partial charge in [-0.2, -0.15) is 0 Å². The number of carbonyl (C=O) groups is 1. The molecule has 0 aliphatic carbocycles. The number of ketones is 1. The van der Waals surface area contributed by atoms with Crippen LogP contribution in [0.15, 0.2) is 36.5 Å². The van der Waals surface area contributed by atoms with E-state index in [0.29, 0.717) is 11.4 Å². The Labute approximate surface area is 178 Å². The van der Waals surface area contributed by atoms with Gasteiger partial charge in [-0.15, -0.1) is 0 Å². The molecule has 1 aromatic heterocycles. The number of benzene rings is 1. The predicted molar refractivity (Wildman–Crippen MR) is 119 cm³/mol. The number of aromatic nitrogens is 1. The van der Waals surface area contributed by atoms with Crippen LogP contribution in [0.25, 0.3) is 0 Å². The number of pyridine rings is 1. The molecular weight excluding hydrogens is 386 g/mol. The monoisotopic (exact) mass is 415 g/mol. The molecule has 1 saturated heterocycles. The minimum absolute atomic E-state index is 0.117. The van der Waals surface area contributed by atoms with Gasteiger partial charge in [-0.1, -0.05) is 37.6 Å². The molecule has 29 heavy (non-hydrogen) atoms. The van der Waals surface area contributed by atoms with Gasteiger partial charge in [0.1, 0.15) is 28.5 Å². The van der Waals surface area contributed by atoms with Crippen molar-refractivity contribution >= 4 is 28.9 Å². The van der Waals surface area contributed by atoms with E-state index in [9.17, 15) is 4.79 Å². The molecule has 2 heterocycles. The smallest absolute Gasteiger partial charge is 0.146 e. The predicted octanol–water partition coefficient (Wildman–Crippen LogP) is 5.30. The van der Waals surface area contributed by atoms with Crippen molar-refractivity contribution in [2.75, 3.05) is 29.9 Å². The molecule has 1 N–H and O–H groups in total. The fraction of sp³-hybridized carbons (Fsp3) is 0.478. The third-order valence-corrected chi connectivity index (χ3v) is 5.62. The molecule has 0 unspecified atom stereocenters. The van der Waals surface area contributed by atoms with Crippen molar-refractivity contribution in [3.05, 3.63) is 47.1 Å². The minimum Gasteiger partial charge on any atom is -0.489 e. The molecule has 0 radical (unpaired) electrons. The molecule has 0 spiro atoms. The third-order valence-electron chi connectivity index (χ3n) is 5.24. The van der Waals surface area contributed by atoms with Gasteiger partial charge < -0.3 is 19.7 Å². The number of carbonyl (C=O) groups excluding carboxylic acids is 1. The fourth-order valence-electron chi connectivity index (χ4n) is 3.70. The summed E-state index contributed by atoms with van der Waals surface area (Å²) in [6.45, 7) is 8.37. The SMILES string of the molecule is CCCNc1nccc(N2CC[C@@H](Oc3ccc([C@H](C)CC(C)=O)cc3)C2)c1Cl. The van der Waals surface area contributed by atoms with Crippen LogP contribution in [0.2, 0.25) is 5.02 Å². The molecule has 0 amide bonds. The van der Waals surface area contributed by atoms with Gasteiger partial charge in [0, 0.05) is 32.1 Å². The van der Waals surface area contributed by atoms with Gasteiger partial charge in [-0.3, -0.25) is 0 Å². The van der Waals surface area contributed by atoms with E-state index in [0.717, 1.165) is 55.3 Å². The average molecular weight is 416 g/mol. The first kappa shape index (κ1) is 21.4. The number of rotatable bonds is 9. The lowest BCUT2D eigenvalue weighted by atomic mass is 9.96. The van der Waals surface area contributed by atoms with Gasteiger partial charge in [-0.25, -0.2) is 4.98 Å². The highest BCUT2D eigenvalue weighted by Crippen LogP contribution is 2.34. The summed E-state index contributed by atoms with van der Waals surface area (Å²) in [6.07, 6.45) is 4.45. The highest BCUT2D eigenvalue weighted by atomic mass is 35.5. The van der Waals surface area contributed by atoms with E-state index in [-0.39, 0.29) is 17.8 Å². The summed E-state index contributed by atoms with van der Waals surface area (Å²) in [4.78, 5) is 17.9. The Balaban J connectivity index is 1.60. The molecule has 2 atom stereocenters. The quantitative estimate of drug-likeness (QED) is 0.602. The van der Waals surface area contributed by atoms with Crippen molar-refractivity contribution in [2.45, 2.75) is 52.1 Å². The maximum atomic E-state index is 11.3. The van der Waals surface area contributed by atoms with Crippen LogP contribution in [0.5, 0.6) is 5.75 Å². The Bertz CT molecular complexity index is 825. The summed E-state index contributed by atoms with van der Waals surface area (Å²) >= 11 is 6.58. The molecule has 1 aliphatic heterocycles. The topological polar surface area (TPSA) is 54.5 Å². The van der Waals surface area contributed by atoms with Crippen molar-refractivity contribution < 1.29 is 9.53 Å². The molecule has 0 saturated carbocycles. The summed E-state index contributed by atoms with van der Waals surface area (Å²) < 4.78 is 6.19. The number of Topliss-reactive ketones (excluding diaryl/α,β-unsaturated/α-hetero) is 1. The van der Waals surface area contributed by atoms with Crippen LogP contribution in [-0.2, 0) is 4.79 Å². The van der Waals surface area contributed by atoms with Crippen molar-refractivity contribution in [3.8, 4) is 5.75 Å². The van der Waals surface area contributed by atoms with Crippen LogP contribution in [0, 0.1) is 0 Å². The molecule has 1 aromatic carbocycles. The maximum Gasteiger partial charge on any atom is 0.146 e. The van der Waals surface area contributed by atoms with Gasteiger partial charge in [-0.05, 0) is 43.0 Å². The maximum absolute atomic E-state index is 11.3. The van der Waals surface area contributed by atoms with Crippen molar-refractivity contribution in [3.63, 3.8) is 0 Å². The first-order valence-electron chi connectivity index (χ1n) is 10.4. The Hall–Kier alpha value is -2.27. The standard InChI is InChI=1S/C23H30ClN3O2/c1-4-11-25-23-22(24)21(9-12-26-23)27-13-10-20(15-27)29-19-7-5-18(6-8-19)16(2)14-17(3)28/h5-9,12,16,20H,4,10-11,13-15H2,1-3H3,(H,25,26)/t16-,20-/m1/s1. The molecule has 156 valence electrons. The number of nitrogens with zero attached hydrogens (tertiary/aromatic N) is 2. The van der Waals surface area contributed by atoms with Crippen molar-refractivity contribution in [2.24, 2.45) is 0 Å². The van der Waals surface area contributed by atoms with E-state index in [4.69, 9.17) is 16.3 Å². The number of hydrogen-bond donors (Lipinski definition) is 1. The van der Waals surface area contributed by atoms with Gasteiger partial charge in [0.25, 0.3) is 0 Å². The number of ether oxygens (including phenoxy) is 1. The van der Waals surface area contributed by atoms with Gasteiger partial charge in [0.15, 0.2) is 0 Å². The summed E-state index contributed by atoms with van der Waals surface area (Å²) in [5.41, 5.74) is 2.16. The van der Waals surface area contributed by atoms with E-state index in [2.05, 4.69) is 41.2 Å².